The fourth-order valence-electron chi connectivity index (χ4n) is 1.13. The van der Waals surface area contributed by atoms with Crippen LogP contribution in [-0.2, 0) is 0 Å². The van der Waals surface area contributed by atoms with E-state index in [0.717, 1.165) is 3.57 Å². The number of ether oxygens (including phenoxy) is 1. The Morgan fingerprint density at radius 1 is 1.06 bits per heavy atom. The first-order chi connectivity index (χ1) is 7.65. The third-order valence-corrected chi connectivity index (χ3v) is 3.13. The van der Waals surface area contributed by atoms with Gasteiger partial charge in [0.05, 0.1) is 14.8 Å². The van der Waals surface area contributed by atoms with Gasteiger partial charge in [-0.3, -0.25) is 4.98 Å². The van der Waals surface area contributed by atoms with Gasteiger partial charge in [-0.05, 0) is 34.7 Å². The zero-order chi connectivity index (χ0) is 11.5. The van der Waals surface area contributed by atoms with Crippen molar-refractivity contribution in [3.8, 4) is 11.5 Å². The number of rotatable bonds is 2. The lowest BCUT2D eigenvalue weighted by molar-refractivity contribution is 0.477. The SMILES string of the molecule is Clc1cncc(Oc2cc(Cl)ccc2I)c1. The van der Waals surface area contributed by atoms with Gasteiger partial charge in [-0.1, -0.05) is 23.2 Å². The van der Waals surface area contributed by atoms with E-state index in [9.17, 15) is 0 Å². The normalized spacial score (nSPS) is 10.2. The summed E-state index contributed by atoms with van der Waals surface area (Å²) in [7, 11) is 0. The van der Waals surface area contributed by atoms with Crippen LogP contribution < -0.4 is 4.74 Å². The standard InChI is InChI=1S/C11H6Cl2INO/c12-7-1-2-10(14)11(4-7)16-9-3-8(13)5-15-6-9/h1-6H. The van der Waals surface area contributed by atoms with Crippen molar-refractivity contribution in [1.82, 2.24) is 4.98 Å². The lowest BCUT2D eigenvalue weighted by Gasteiger charge is -2.07. The fourth-order valence-corrected chi connectivity index (χ4v) is 1.90. The van der Waals surface area contributed by atoms with Gasteiger partial charge in [0.1, 0.15) is 11.5 Å². The number of aromatic nitrogens is 1. The Hall–Kier alpha value is -0.520. The molecule has 1 heterocycles. The zero-order valence-electron chi connectivity index (χ0n) is 7.95. The molecule has 0 radical (unpaired) electrons. The molecule has 0 unspecified atom stereocenters. The van der Waals surface area contributed by atoms with E-state index in [0.29, 0.717) is 21.5 Å². The molecule has 0 atom stereocenters. The molecule has 0 aliphatic heterocycles. The van der Waals surface area contributed by atoms with Crippen LogP contribution in [0.3, 0.4) is 0 Å². The number of benzene rings is 1. The maximum atomic E-state index is 5.89. The minimum atomic E-state index is 0.537. The molecule has 0 fully saturated rings. The third-order valence-electron chi connectivity index (χ3n) is 1.80. The molecule has 0 saturated carbocycles. The Bertz CT molecular complexity index is 519. The Balaban J connectivity index is 2.30. The van der Waals surface area contributed by atoms with Gasteiger partial charge in [-0.25, -0.2) is 0 Å². The van der Waals surface area contributed by atoms with E-state index in [-0.39, 0.29) is 0 Å². The van der Waals surface area contributed by atoms with Crippen molar-refractivity contribution in [3.05, 3.63) is 50.3 Å². The zero-order valence-corrected chi connectivity index (χ0v) is 11.6. The number of hydrogen-bond acceptors (Lipinski definition) is 2. The van der Waals surface area contributed by atoms with E-state index in [1.807, 2.05) is 12.1 Å². The summed E-state index contributed by atoms with van der Waals surface area (Å²) in [6.45, 7) is 0. The number of halogens is 3. The van der Waals surface area contributed by atoms with Crippen LogP contribution in [0.2, 0.25) is 10.0 Å². The summed E-state index contributed by atoms with van der Waals surface area (Å²) >= 11 is 13.9. The van der Waals surface area contributed by atoms with Crippen LogP contribution in [0.15, 0.2) is 36.7 Å². The van der Waals surface area contributed by atoms with E-state index in [4.69, 9.17) is 27.9 Å². The molecule has 82 valence electrons. The van der Waals surface area contributed by atoms with Crippen molar-refractivity contribution in [1.29, 1.82) is 0 Å². The molecule has 0 N–H and O–H groups in total. The third kappa shape index (κ3) is 2.99. The quantitative estimate of drug-likeness (QED) is 0.714. The summed E-state index contributed by atoms with van der Waals surface area (Å²) in [4.78, 5) is 3.94. The van der Waals surface area contributed by atoms with Crippen LogP contribution in [0.5, 0.6) is 11.5 Å². The molecule has 1 aromatic carbocycles. The average molecular weight is 366 g/mol. The fraction of sp³-hybridized carbons (Fsp3) is 0. The molecule has 0 aliphatic carbocycles. The second-order valence-electron chi connectivity index (χ2n) is 3.02. The molecular weight excluding hydrogens is 360 g/mol. The lowest BCUT2D eigenvalue weighted by Crippen LogP contribution is -1.88. The van der Waals surface area contributed by atoms with Crippen molar-refractivity contribution >= 4 is 45.8 Å². The predicted octanol–water partition coefficient (Wildman–Crippen LogP) is 4.79. The average Bonchev–Trinajstić information content (AvgIpc) is 2.24. The molecule has 0 bridgehead atoms. The first-order valence-electron chi connectivity index (χ1n) is 4.38. The molecule has 2 rings (SSSR count). The van der Waals surface area contributed by atoms with E-state index in [1.54, 1.807) is 24.5 Å². The van der Waals surface area contributed by atoms with E-state index in [2.05, 4.69) is 27.6 Å². The first-order valence-corrected chi connectivity index (χ1v) is 6.22. The van der Waals surface area contributed by atoms with Crippen molar-refractivity contribution < 1.29 is 4.74 Å². The largest absolute Gasteiger partial charge is 0.455 e. The predicted molar refractivity (Wildman–Crippen MR) is 73.5 cm³/mol. The van der Waals surface area contributed by atoms with Gasteiger partial charge in [0.2, 0.25) is 0 Å². The van der Waals surface area contributed by atoms with Gasteiger partial charge in [0.25, 0.3) is 0 Å². The van der Waals surface area contributed by atoms with E-state index < -0.39 is 0 Å². The summed E-state index contributed by atoms with van der Waals surface area (Å²) in [5, 5.41) is 1.17. The maximum absolute atomic E-state index is 5.89. The minimum Gasteiger partial charge on any atom is -0.455 e. The smallest absolute Gasteiger partial charge is 0.147 e. The lowest BCUT2D eigenvalue weighted by atomic mass is 10.3. The number of nitrogens with zero attached hydrogens (tertiary/aromatic N) is 1. The summed E-state index contributed by atoms with van der Waals surface area (Å²) in [6.07, 6.45) is 3.15. The Morgan fingerprint density at radius 3 is 2.62 bits per heavy atom. The Labute approximate surface area is 117 Å². The van der Waals surface area contributed by atoms with Crippen LogP contribution in [-0.4, -0.2) is 4.98 Å². The minimum absolute atomic E-state index is 0.537. The monoisotopic (exact) mass is 365 g/mol. The van der Waals surface area contributed by atoms with Gasteiger partial charge in [0.15, 0.2) is 0 Å². The van der Waals surface area contributed by atoms with E-state index in [1.165, 1.54) is 0 Å². The van der Waals surface area contributed by atoms with Crippen LogP contribution in [0.1, 0.15) is 0 Å². The summed E-state index contributed by atoms with van der Waals surface area (Å²) in [5.41, 5.74) is 0. The van der Waals surface area contributed by atoms with Gasteiger partial charge in [-0.15, -0.1) is 0 Å². The summed E-state index contributed by atoms with van der Waals surface area (Å²) < 4.78 is 6.61. The Morgan fingerprint density at radius 2 is 1.88 bits per heavy atom. The Kier molecular flexibility index (Phi) is 3.89. The molecule has 5 heteroatoms. The van der Waals surface area contributed by atoms with Crippen LogP contribution in [0.4, 0.5) is 0 Å². The molecule has 2 aromatic rings. The van der Waals surface area contributed by atoms with Crippen molar-refractivity contribution in [2.45, 2.75) is 0 Å². The first kappa shape index (κ1) is 12.0. The second kappa shape index (κ2) is 5.21. The van der Waals surface area contributed by atoms with Crippen LogP contribution in [0, 0.1) is 3.57 Å². The highest BCUT2D eigenvalue weighted by atomic mass is 127. The van der Waals surface area contributed by atoms with Gasteiger partial charge < -0.3 is 4.74 Å². The highest BCUT2D eigenvalue weighted by Gasteiger charge is 2.04. The topological polar surface area (TPSA) is 22.1 Å². The molecule has 16 heavy (non-hydrogen) atoms. The highest BCUT2D eigenvalue weighted by molar-refractivity contribution is 14.1. The van der Waals surface area contributed by atoms with Gasteiger partial charge in [0, 0.05) is 23.4 Å². The maximum Gasteiger partial charge on any atom is 0.147 e. The number of pyridine rings is 1. The van der Waals surface area contributed by atoms with Crippen LogP contribution in [0.25, 0.3) is 0 Å². The van der Waals surface area contributed by atoms with Gasteiger partial charge >= 0.3 is 0 Å². The summed E-state index contributed by atoms with van der Waals surface area (Å²) in [6, 6.07) is 7.15. The van der Waals surface area contributed by atoms with E-state index >= 15 is 0 Å². The second-order valence-corrected chi connectivity index (χ2v) is 5.05. The van der Waals surface area contributed by atoms with Gasteiger partial charge in [-0.2, -0.15) is 0 Å². The molecule has 1 aromatic heterocycles. The van der Waals surface area contributed by atoms with Crippen molar-refractivity contribution in [2.75, 3.05) is 0 Å². The molecule has 0 saturated heterocycles. The molecular formula is C11H6Cl2INO. The molecule has 0 spiro atoms. The highest BCUT2D eigenvalue weighted by Crippen LogP contribution is 2.29. The molecule has 0 aliphatic rings. The molecule has 0 amide bonds. The molecule has 2 nitrogen and oxygen atoms in total. The van der Waals surface area contributed by atoms with Crippen molar-refractivity contribution in [3.63, 3.8) is 0 Å². The summed E-state index contributed by atoms with van der Waals surface area (Å²) in [5.74, 6) is 1.28. The van der Waals surface area contributed by atoms with Crippen LogP contribution >= 0.6 is 45.8 Å². The van der Waals surface area contributed by atoms with Crippen molar-refractivity contribution in [2.24, 2.45) is 0 Å². The number of hydrogen-bond donors (Lipinski definition) is 0.